The Morgan fingerprint density at radius 3 is 2.54 bits per heavy atom. The van der Waals surface area contributed by atoms with Crippen molar-refractivity contribution in [1.82, 2.24) is 9.80 Å². The third-order valence-corrected chi connectivity index (χ3v) is 4.64. The van der Waals surface area contributed by atoms with Crippen molar-refractivity contribution in [2.24, 2.45) is 5.92 Å². The maximum absolute atomic E-state index is 12.5. The van der Waals surface area contributed by atoms with Crippen LogP contribution in [0.25, 0.3) is 0 Å². The van der Waals surface area contributed by atoms with E-state index in [-0.39, 0.29) is 18.7 Å². The van der Waals surface area contributed by atoms with Gasteiger partial charge in [-0.2, -0.15) is 0 Å². The predicted octanol–water partition coefficient (Wildman–Crippen LogP) is 2.74. The molecule has 1 N–H and O–H groups in total. The van der Waals surface area contributed by atoms with E-state index in [0.29, 0.717) is 12.5 Å². The number of carbonyl (C=O) groups is 1. The van der Waals surface area contributed by atoms with Crippen molar-refractivity contribution in [1.29, 1.82) is 0 Å². The topological polar surface area (TPSA) is 53.0 Å². The fourth-order valence-corrected chi connectivity index (χ4v) is 3.11. The highest BCUT2D eigenvalue weighted by atomic mass is 16.6. The van der Waals surface area contributed by atoms with Gasteiger partial charge in [0, 0.05) is 19.1 Å². The van der Waals surface area contributed by atoms with Gasteiger partial charge in [-0.15, -0.1) is 0 Å². The monoisotopic (exact) mass is 334 g/mol. The molecule has 1 aromatic rings. The molecule has 1 aromatic carbocycles. The Morgan fingerprint density at radius 1 is 1.29 bits per heavy atom. The van der Waals surface area contributed by atoms with Crippen LogP contribution >= 0.6 is 0 Å². The van der Waals surface area contributed by atoms with Crippen LogP contribution in [0.5, 0.6) is 0 Å². The van der Waals surface area contributed by atoms with Gasteiger partial charge < -0.3 is 19.6 Å². The summed E-state index contributed by atoms with van der Waals surface area (Å²) in [5.74, 6) is 0.506. The molecule has 1 aliphatic heterocycles. The first kappa shape index (κ1) is 18.7. The quantitative estimate of drug-likeness (QED) is 0.833. The largest absolute Gasteiger partial charge is 0.445 e. The van der Waals surface area contributed by atoms with Crippen molar-refractivity contribution >= 4 is 6.09 Å². The normalized spacial score (nSPS) is 16.3. The van der Waals surface area contributed by atoms with Crippen LogP contribution in [0.1, 0.15) is 32.3 Å². The number of likely N-dealkylation sites (tertiary alicyclic amines) is 1. The lowest BCUT2D eigenvalue weighted by Crippen LogP contribution is -2.44. The molecule has 5 nitrogen and oxygen atoms in total. The van der Waals surface area contributed by atoms with E-state index in [1.165, 1.54) is 0 Å². The average molecular weight is 334 g/mol. The van der Waals surface area contributed by atoms with Gasteiger partial charge in [0.2, 0.25) is 0 Å². The van der Waals surface area contributed by atoms with Crippen LogP contribution < -0.4 is 0 Å². The van der Waals surface area contributed by atoms with Gasteiger partial charge in [0.1, 0.15) is 6.61 Å². The van der Waals surface area contributed by atoms with E-state index < -0.39 is 0 Å². The molecule has 0 unspecified atom stereocenters. The summed E-state index contributed by atoms with van der Waals surface area (Å²) in [6, 6.07) is 9.90. The molecule has 24 heavy (non-hydrogen) atoms. The molecule has 0 bridgehead atoms. The molecule has 134 valence electrons. The molecule has 1 saturated heterocycles. The minimum Gasteiger partial charge on any atom is -0.445 e. The molecule has 0 radical (unpaired) electrons. The number of aliphatic hydroxyl groups is 1. The van der Waals surface area contributed by atoms with Crippen molar-refractivity contribution < 1.29 is 14.6 Å². The van der Waals surface area contributed by atoms with Crippen molar-refractivity contribution in [3.63, 3.8) is 0 Å². The Labute approximate surface area is 145 Å². The Kier molecular flexibility index (Phi) is 7.53. The summed E-state index contributed by atoms with van der Waals surface area (Å²) in [4.78, 5) is 16.6. The van der Waals surface area contributed by atoms with Crippen LogP contribution in [0.3, 0.4) is 0 Å². The van der Waals surface area contributed by atoms with E-state index >= 15 is 0 Å². The maximum Gasteiger partial charge on any atom is 0.410 e. The van der Waals surface area contributed by atoms with Crippen LogP contribution in [0.15, 0.2) is 30.3 Å². The number of nitrogens with zero attached hydrogens (tertiary/aromatic N) is 2. The molecule has 5 heteroatoms. The molecule has 0 atom stereocenters. The smallest absolute Gasteiger partial charge is 0.410 e. The maximum atomic E-state index is 12.5. The lowest BCUT2D eigenvalue weighted by atomic mass is 9.96. The van der Waals surface area contributed by atoms with Gasteiger partial charge in [-0.1, -0.05) is 30.3 Å². The zero-order valence-electron chi connectivity index (χ0n) is 14.9. The second-order valence-corrected chi connectivity index (χ2v) is 6.79. The summed E-state index contributed by atoms with van der Waals surface area (Å²) < 4.78 is 5.50. The Morgan fingerprint density at radius 2 is 1.96 bits per heavy atom. The average Bonchev–Trinajstić information content (AvgIpc) is 2.60. The molecule has 2 rings (SSSR count). The minimum absolute atomic E-state index is 0.128. The van der Waals surface area contributed by atoms with Crippen molar-refractivity contribution in [2.75, 3.05) is 32.8 Å². The number of hydrogen-bond acceptors (Lipinski definition) is 4. The van der Waals surface area contributed by atoms with E-state index in [0.717, 1.165) is 44.6 Å². The summed E-state index contributed by atoms with van der Waals surface area (Å²) >= 11 is 0. The molecular weight excluding hydrogens is 304 g/mol. The summed E-state index contributed by atoms with van der Waals surface area (Å²) in [7, 11) is 0. The first-order valence-electron chi connectivity index (χ1n) is 8.90. The Hall–Kier alpha value is -1.59. The molecule has 0 spiro atoms. The van der Waals surface area contributed by atoms with Gasteiger partial charge in [0.25, 0.3) is 0 Å². The lowest BCUT2D eigenvalue weighted by Gasteiger charge is -2.35. The van der Waals surface area contributed by atoms with Gasteiger partial charge in [-0.25, -0.2) is 4.79 Å². The third-order valence-electron chi connectivity index (χ3n) is 4.64. The van der Waals surface area contributed by atoms with Crippen LogP contribution in [-0.2, 0) is 11.3 Å². The molecular formula is C19H30N2O3. The number of amides is 1. The van der Waals surface area contributed by atoms with Gasteiger partial charge in [-0.05, 0) is 51.3 Å². The second-order valence-electron chi connectivity index (χ2n) is 6.79. The van der Waals surface area contributed by atoms with Crippen LogP contribution in [-0.4, -0.2) is 59.8 Å². The van der Waals surface area contributed by atoms with E-state index in [9.17, 15) is 4.79 Å². The minimum atomic E-state index is -0.230. The van der Waals surface area contributed by atoms with Gasteiger partial charge in [0.05, 0.1) is 6.61 Å². The highest BCUT2D eigenvalue weighted by Gasteiger charge is 2.25. The highest BCUT2D eigenvalue weighted by Crippen LogP contribution is 2.20. The molecule has 1 aliphatic rings. The molecule has 1 heterocycles. The molecule has 1 amide bonds. The molecule has 0 aromatic heterocycles. The zero-order valence-corrected chi connectivity index (χ0v) is 14.9. The fraction of sp³-hybridized carbons (Fsp3) is 0.632. The van der Waals surface area contributed by atoms with Gasteiger partial charge in [-0.3, -0.25) is 0 Å². The van der Waals surface area contributed by atoms with Gasteiger partial charge >= 0.3 is 6.09 Å². The van der Waals surface area contributed by atoms with Crippen LogP contribution in [0.4, 0.5) is 4.79 Å². The van der Waals surface area contributed by atoms with E-state index in [1.54, 1.807) is 0 Å². The Bertz CT molecular complexity index is 485. The second kappa shape index (κ2) is 9.64. The van der Waals surface area contributed by atoms with Crippen molar-refractivity contribution in [3.05, 3.63) is 35.9 Å². The highest BCUT2D eigenvalue weighted by molar-refractivity contribution is 5.68. The SMILES string of the molecule is CC(C)N(CC1CCN(CCO)CC1)C(=O)OCc1ccccc1. The lowest BCUT2D eigenvalue weighted by molar-refractivity contribution is 0.0685. The summed E-state index contributed by atoms with van der Waals surface area (Å²) in [6.07, 6.45) is 1.90. The van der Waals surface area contributed by atoms with Gasteiger partial charge in [0.15, 0.2) is 0 Å². The standard InChI is InChI=1S/C19H30N2O3/c1-16(2)21(14-17-8-10-20(11-9-17)12-13-22)19(23)24-15-18-6-4-3-5-7-18/h3-7,16-17,22H,8-15H2,1-2H3. The summed E-state index contributed by atoms with van der Waals surface area (Å²) in [6.45, 7) is 8.09. The predicted molar refractivity (Wildman–Crippen MR) is 94.7 cm³/mol. The summed E-state index contributed by atoms with van der Waals surface area (Å²) in [5.41, 5.74) is 1.01. The van der Waals surface area contributed by atoms with Crippen LogP contribution in [0, 0.1) is 5.92 Å². The van der Waals surface area contributed by atoms with E-state index in [4.69, 9.17) is 9.84 Å². The Balaban J connectivity index is 1.82. The number of ether oxygens (including phenoxy) is 1. The fourth-order valence-electron chi connectivity index (χ4n) is 3.11. The molecule has 0 aliphatic carbocycles. The number of carbonyl (C=O) groups excluding carboxylic acids is 1. The van der Waals surface area contributed by atoms with Crippen LogP contribution in [0.2, 0.25) is 0 Å². The first-order valence-corrected chi connectivity index (χ1v) is 8.90. The molecule has 0 saturated carbocycles. The first-order chi connectivity index (χ1) is 11.6. The number of hydrogen-bond donors (Lipinski definition) is 1. The van der Waals surface area contributed by atoms with E-state index in [1.807, 2.05) is 49.1 Å². The number of aliphatic hydroxyl groups excluding tert-OH is 1. The summed E-state index contributed by atoms with van der Waals surface area (Å²) in [5, 5.41) is 9.02. The number of rotatable bonds is 7. The number of benzene rings is 1. The van der Waals surface area contributed by atoms with E-state index in [2.05, 4.69) is 4.90 Å². The third kappa shape index (κ3) is 5.80. The zero-order chi connectivity index (χ0) is 17.4. The van der Waals surface area contributed by atoms with Crippen molar-refractivity contribution in [3.8, 4) is 0 Å². The number of piperidine rings is 1. The molecule has 1 fully saturated rings. The van der Waals surface area contributed by atoms with Crippen molar-refractivity contribution in [2.45, 2.75) is 39.3 Å². The number of β-amino-alcohol motifs (C(OH)–C–C–N with tert-alkyl or cyclic N) is 1.